The topological polar surface area (TPSA) is 57.2 Å². The van der Waals surface area contributed by atoms with Crippen molar-refractivity contribution in [1.29, 1.82) is 0 Å². The first kappa shape index (κ1) is 19.0. The van der Waals surface area contributed by atoms with E-state index in [0.29, 0.717) is 37.8 Å². The summed E-state index contributed by atoms with van der Waals surface area (Å²) < 4.78 is 22.9. The lowest BCUT2D eigenvalue weighted by molar-refractivity contribution is -0.0779. The molecule has 0 N–H and O–H groups in total. The highest BCUT2D eigenvalue weighted by molar-refractivity contribution is 5.67. The number of hydrogen-bond donors (Lipinski definition) is 0. The van der Waals surface area contributed by atoms with Crippen molar-refractivity contribution in [2.24, 2.45) is 0 Å². The van der Waals surface area contributed by atoms with E-state index in [-0.39, 0.29) is 18.3 Å². The number of amides is 1. The van der Waals surface area contributed by atoms with Crippen LogP contribution in [0.3, 0.4) is 0 Å². The molecule has 0 spiro atoms. The minimum atomic E-state index is -0.389. The van der Waals surface area contributed by atoms with E-state index >= 15 is 0 Å². The Morgan fingerprint density at radius 2 is 1.85 bits per heavy atom. The smallest absolute Gasteiger partial charge is 0.409 e. The van der Waals surface area contributed by atoms with Crippen molar-refractivity contribution in [3.05, 3.63) is 60.2 Å². The Balaban J connectivity index is 1.85. The SMILES string of the molecule is CCOC(=O)N1CCOC(C(Oc2ccccc2OC)c2ccccc2)C1. The lowest BCUT2D eigenvalue weighted by atomic mass is 10.0. The fourth-order valence-electron chi connectivity index (χ4n) is 3.09. The van der Waals surface area contributed by atoms with Crippen LogP contribution in [0.15, 0.2) is 54.6 Å². The van der Waals surface area contributed by atoms with Crippen LogP contribution >= 0.6 is 0 Å². The molecule has 1 fully saturated rings. The first-order chi connectivity index (χ1) is 13.2. The van der Waals surface area contributed by atoms with Crippen LogP contribution in [0.5, 0.6) is 11.5 Å². The number of hydrogen-bond acceptors (Lipinski definition) is 5. The van der Waals surface area contributed by atoms with Crippen molar-refractivity contribution in [1.82, 2.24) is 4.90 Å². The summed E-state index contributed by atoms with van der Waals surface area (Å²) in [6.07, 6.45) is -1.04. The molecule has 0 bridgehead atoms. The molecule has 1 heterocycles. The molecule has 6 nitrogen and oxygen atoms in total. The van der Waals surface area contributed by atoms with Crippen LogP contribution in [0.4, 0.5) is 4.79 Å². The summed E-state index contributed by atoms with van der Waals surface area (Å²) in [5.74, 6) is 1.28. The molecule has 2 unspecified atom stereocenters. The number of benzene rings is 2. The predicted molar refractivity (Wildman–Crippen MR) is 101 cm³/mol. The number of carbonyl (C=O) groups excluding carboxylic acids is 1. The number of ether oxygens (including phenoxy) is 4. The number of carbonyl (C=O) groups is 1. The van der Waals surface area contributed by atoms with Crippen LogP contribution in [-0.4, -0.2) is 50.5 Å². The van der Waals surface area contributed by atoms with Gasteiger partial charge in [-0.2, -0.15) is 0 Å². The molecule has 6 heteroatoms. The molecule has 0 aromatic heterocycles. The quantitative estimate of drug-likeness (QED) is 0.775. The minimum Gasteiger partial charge on any atom is -0.493 e. The van der Waals surface area contributed by atoms with Crippen LogP contribution in [0.1, 0.15) is 18.6 Å². The van der Waals surface area contributed by atoms with Gasteiger partial charge in [-0.25, -0.2) is 4.79 Å². The molecule has 0 saturated carbocycles. The third-order valence-corrected chi connectivity index (χ3v) is 4.41. The lowest BCUT2D eigenvalue weighted by Crippen LogP contribution is -2.48. The van der Waals surface area contributed by atoms with Gasteiger partial charge >= 0.3 is 6.09 Å². The highest BCUT2D eigenvalue weighted by Crippen LogP contribution is 2.34. The number of morpholine rings is 1. The largest absolute Gasteiger partial charge is 0.493 e. The molecule has 144 valence electrons. The summed E-state index contributed by atoms with van der Waals surface area (Å²) in [5, 5.41) is 0. The van der Waals surface area contributed by atoms with Crippen molar-refractivity contribution in [3.63, 3.8) is 0 Å². The Kier molecular flexibility index (Phi) is 6.54. The van der Waals surface area contributed by atoms with Gasteiger partial charge in [0.05, 0.1) is 26.9 Å². The molecular formula is C21H25NO5. The first-order valence-electron chi connectivity index (χ1n) is 9.10. The van der Waals surface area contributed by atoms with Gasteiger partial charge in [-0.1, -0.05) is 42.5 Å². The van der Waals surface area contributed by atoms with Gasteiger partial charge in [0.25, 0.3) is 0 Å². The van der Waals surface area contributed by atoms with E-state index in [0.717, 1.165) is 5.56 Å². The lowest BCUT2D eigenvalue weighted by Gasteiger charge is -2.36. The summed E-state index contributed by atoms with van der Waals surface area (Å²) in [6, 6.07) is 17.4. The molecule has 1 amide bonds. The molecule has 0 radical (unpaired) electrons. The normalized spacial score (nSPS) is 17.9. The Morgan fingerprint density at radius 3 is 2.56 bits per heavy atom. The van der Waals surface area contributed by atoms with Gasteiger partial charge in [0.1, 0.15) is 6.10 Å². The molecule has 1 saturated heterocycles. The second-order valence-electron chi connectivity index (χ2n) is 6.15. The van der Waals surface area contributed by atoms with Crippen LogP contribution in [0.2, 0.25) is 0 Å². The van der Waals surface area contributed by atoms with Crippen LogP contribution in [0.25, 0.3) is 0 Å². The number of rotatable bonds is 6. The van der Waals surface area contributed by atoms with Crippen molar-refractivity contribution in [2.45, 2.75) is 19.1 Å². The van der Waals surface area contributed by atoms with Gasteiger partial charge in [0.15, 0.2) is 17.6 Å². The van der Waals surface area contributed by atoms with Gasteiger partial charge < -0.3 is 23.8 Å². The van der Waals surface area contributed by atoms with E-state index in [1.54, 1.807) is 18.9 Å². The summed E-state index contributed by atoms with van der Waals surface area (Å²) in [7, 11) is 1.61. The fraction of sp³-hybridized carbons (Fsp3) is 0.381. The molecular weight excluding hydrogens is 346 g/mol. The Bertz CT molecular complexity index is 736. The van der Waals surface area contributed by atoms with Crippen LogP contribution in [-0.2, 0) is 9.47 Å². The molecule has 0 aliphatic carbocycles. The van der Waals surface area contributed by atoms with E-state index in [1.807, 2.05) is 54.6 Å². The Hall–Kier alpha value is -2.73. The van der Waals surface area contributed by atoms with E-state index in [4.69, 9.17) is 18.9 Å². The zero-order chi connectivity index (χ0) is 19.1. The summed E-state index contributed by atoms with van der Waals surface area (Å²) in [5.41, 5.74) is 0.971. The maximum absolute atomic E-state index is 12.1. The highest BCUT2D eigenvalue weighted by Gasteiger charge is 2.33. The second kappa shape index (κ2) is 9.28. The first-order valence-corrected chi connectivity index (χ1v) is 9.10. The maximum Gasteiger partial charge on any atom is 0.409 e. The third-order valence-electron chi connectivity index (χ3n) is 4.41. The molecule has 1 aliphatic rings. The molecule has 27 heavy (non-hydrogen) atoms. The van der Waals surface area contributed by atoms with Crippen LogP contribution < -0.4 is 9.47 Å². The van der Waals surface area contributed by atoms with E-state index in [2.05, 4.69) is 0 Å². The zero-order valence-electron chi connectivity index (χ0n) is 15.7. The van der Waals surface area contributed by atoms with Gasteiger partial charge in [-0.3, -0.25) is 0 Å². The average Bonchev–Trinajstić information content (AvgIpc) is 2.73. The maximum atomic E-state index is 12.1. The van der Waals surface area contributed by atoms with Crippen molar-refractivity contribution >= 4 is 6.09 Å². The average molecular weight is 371 g/mol. The van der Waals surface area contributed by atoms with E-state index in [1.165, 1.54) is 0 Å². The zero-order valence-corrected chi connectivity index (χ0v) is 15.7. The molecule has 2 aromatic carbocycles. The van der Waals surface area contributed by atoms with Gasteiger partial charge in [-0.05, 0) is 24.6 Å². The van der Waals surface area contributed by atoms with Crippen molar-refractivity contribution < 1.29 is 23.7 Å². The summed E-state index contributed by atoms with van der Waals surface area (Å²) >= 11 is 0. The fourth-order valence-corrected chi connectivity index (χ4v) is 3.09. The van der Waals surface area contributed by atoms with E-state index in [9.17, 15) is 4.79 Å². The molecule has 3 rings (SSSR count). The third kappa shape index (κ3) is 4.71. The highest BCUT2D eigenvalue weighted by atomic mass is 16.6. The van der Waals surface area contributed by atoms with Gasteiger partial charge in [0.2, 0.25) is 0 Å². The van der Waals surface area contributed by atoms with Gasteiger partial charge in [0, 0.05) is 6.54 Å². The second-order valence-corrected chi connectivity index (χ2v) is 6.15. The summed E-state index contributed by atoms with van der Waals surface area (Å²) in [4.78, 5) is 13.8. The van der Waals surface area contributed by atoms with E-state index < -0.39 is 0 Å². The van der Waals surface area contributed by atoms with Crippen LogP contribution in [0, 0.1) is 0 Å². The Labute approximate surface area is 159 Å². The standard InChI is InChI=1S/C21H25NO5/c1-3-25-21(23)22-13-14-26-19(15-22)20(16-9-5-4-6-10-16)27-18-12-8-7-11-17(18)24-2/h4-12,19-20H,3,13-15H2,1-2H3. The Morgan fingerprint density at radius 1 is 1.15 bits per heavy atom. The van der Waals surface area contributed by atoms with Crippen molar-refractivity contribution in [2.75, 3.05) is 33.4 Å². The molecule has 2 atom stereocenters. The van der Waals surface area contributed by atoms with Gasteiger partial charge in [-0.15, -0.1) is 0 Å². The summed E-state index contributed by atoms with van der Waals surface area (Å²) in [6.45, 7) is 3.48. The number of methoxy groups -OCH3 is 1. The monoisotopic (exact) mass is 371 g/mol. The number of nitrogens with zero attached hydrogens (tertiary/aromatic N) is 1. The predicted octanol–water partition coefficient (Wildman–Crippen LogP) is 3.67. The minimum absolute atomic E-state index is 0.324. The molecule has 1 aliphatic heterocycles. The number of para-hydroxylation sites is 2. The molecule has 2 aromatic rings. The van der Waals surface area contributed by atoms with Crippen molar-refractivity contribution in [3.8, 4) is 11.5 Å².